The maximum absolute atomic E-state index is 12.3. The van der Waals surface area contributed by atoms with Crippen molar-refractivity contribution in [3.63, 3.8) is 0 Å². The number of azide groups is 1. The van der Waals surface area contributed by atoms with E-state index in [1.54, 1.807) is 6.07 Å². The zero-order chi connectivity index (χ0) is 16.1. The zero-order valence-corrected chi connectivity index (χ0v) is 12.4. The fourth-order valence-corrected chi connectivity index (χ4v) is 2.53. The van der Waals surface area contributed by atoms with Gasteiger partial charge in [-0.05, 0) is 36.1 Å². The molecule has 0 amide bonds. The summed E-state index contributed by atoms with van der Waals surface area (Å²) in [4.78, 5) is 22.3. The van der Waals surface area contributed by atoms with Gasteiger partial charge in [0, 0.05) is 4.91 Å². The molecule has 1 N–H and O–H groups in total. The lowest BCUT2D eigenvalue weighted by molar-refractivity contribution is 0.623. The van der Waals surface area contributed by atoms with E-state index in [1.807, 2.05) is 48.5 Å². The quantitative estimate of drug-likeness (QED) is 0.439. The Morgan fingerprint density at radius 3 is 2.65 bits per heavy atom. The van der Waals surface area contributed by atoms with Crippen molar-refractivity contribution < 1.29 is 0 Å². The number of para-hydroxylation sites is 2. The molecule has 0 saturated carbocycles. The minimum Gasteiger partial charge on any atom is -0.319 e. The number of benzene rings is 2. The molecule has 1 atom stereocenters. The molecule has 6 nitrogen and oxygen atoms in total. The molecule has 0 bridgehead atoms. The predicted molar refractivity (Wildman–Crippen MR) is 89.0 cm³/mol. The third kappa shape index (κ3) is 3.39. The summed E-state index contributed by atoms with van der Waals surface area (Å²) in [5, 5.41) is 3.78. The SMILES string of the molecule is [N-]=[N+]=NC(CCc1ccccc1)c1nc2ccccc2[nH]c1=O. The summed E-state index contributed by atoms with van der Waals surface area (Å²) < 4.78 is 0. The zero-order valence-electron chi connectivity index (χ0n) is 12.4. The van der Waals surface area contributed by atoms with Gasteiger partial charge in [-0.3, -0.25) is 4.79 Å². The number of nitrogens with zero attached hydrogens (tertiary/aromatic N) is 4. The Balaban J connectivity index is 1.93. The average Bonchev–Trinajstić information content (AvgIpc) is 2.59. The second-order valence-corrected chi connectivity index (χ2v) is 5.21. The van der Waals surface area contributed by atoms with Crippen molar-refractivity contribution in [2.24, 2.45) is 5.11 Å². The number of rotatable bonds is 5. The number of nitrogens with one attached hydrogen (secondary N) is 1. The van der Waals surface area contributed by atoms with Gasteiger partial charge >= 0.3 is 0 Å². The Morgan fingerprint density at radius 1 is 1.13 bits per heavy atom. The van der Waals surface area contributed by atoms with Crippen LogP contribution in [0.5, 0.6) is 0 Å². The second kappa shape index (κ2) is 6.77. The van der Waals surface area contributed by atoms with E-state index in [0.717, 1.165) is 5.56 Å². The first-order chi connectivity index (χ1) is 11.3. The molecule has 0 aliphatic rings. The van der Waals surface area contributed by atoms with Crippen LogP contribution in [0.3, 0.4) is 0 Å². The lowest BCUT2D eigenvalue weighted by atomic mass is 10.0. The molecule has 3 rings (SSSR count). The van der Waals surface area contributed by atoms with Gasteiger partial charge in [0.25, 0.3) is 5.56 Å². The van der Waals surface area contributed by atoms with Crippen molar-refractivity contribution >= 4 is 11.0 Å². The highest BCUT2D eigenvalue weighted by molar-refractivity contribution is 5.73. The first-order valence-electron chi connectivity index (χ1n) is 7.35. The van der Waals surface area contributed by atoms with Crippen LogP contribution in [0.25, 0.3) is 21.5 Å². The summed E-state index contributed by atoms with van der Waals surface area (Å²) in [5.41, 5.74) is 11.2. The van der Waals surface area contributed by atoms with Crippen molar-refractivity contribution in [1.82, 2.24) is 9.97 Å². The van der Waals surface area contributed by atoms with Crippen molar-refractivity contribution in [1.29, 1.82) is 0 Å². The first-order valence-corrected chi connectivity index (χ1v) is 7.35. The number of hydrogen-bond acceptors (Lipinski definition) is 3. The molecule has 2 aromatic carbocycles. The van der Waals surface area contributed by atoms with Crippen LogP contribution in [-0.4, -0.2) is 9.97 Å². The van der Waals surface area contributed by atoms with Gasteiger partial charge in [-0.25, -0.2) is 4.98 Å². The number of H-pyrrole nitrogens is 1. The van der Waals surface area contributed by atoms with Crippen LogP contribution in [0.2, 0.25) is 0 Å². The van der Waals surface area contributed by atoms with Gasteiger partial charge in [-0.2, -0.15) is 0 Å². The van der Waals surface area contributed by atoms with Crippen molar-refractivity contribution in [2.75, 3.05) is 0 Å². The van der Waals surface area contributed by atoms with Crippen molar-refractivity contribution in [2.45, 2.75) is 18.9 Å². The van der Waals surface area contributed by atoms with Crippen LogP contribution in [-0.2, 0) is 6.42 Å². The molecule has 6 heteroatoms. The normalized spacial score (nSPS) is 11.8. The molecule has 0 aliphatic heterocycles. The van der Waals surface area contributed by atoms with Gasteiger partial charge in [0.15, 0.2) is 0 Å². The van der Waals surface area contributed by atoms with E-state index in [0.29, 0.717) is 23.9 Å². The van der Waals surface area contributed by atoms with Crippen LogP contribution in [0, 0.1) is 0 Å². The highest BCUT2D eigenvalue weighted by atomic mass is 16.1. The van der Waals surface area contributed by atoms with E-state index in [2.05, 4.69) is 20.0 Å². The summed E-state index contributed by atoms with van der Waals surface area (Å²) in [6, 6.07) is 16.6. The Hall–Kier alpha value is -3.11. The van der Waals surface area contributed by atoms with Gasteiger partial charge in [0.2, 0.25) is 0 Å². The summed E-state index contributed by atoms with van der Waals surface area (Å²) in [6.07, 6.45) is 1.24. The van der Waals surface area contributed by atoms with Gasteiger partial charge in [0.1, 0.15) is 5.69 Å². The molecule has 1 aromatic heterocycles. The largest absolute Gasteiger partial charge is 0.319 e. The second-order valence-electron chi connectivity index (χ2n) is 5.21. The summed E-state index contributed by atoms with van der Waals surface area (Å²) in [5.74, 6) is 0. The van der Waals surface area contributed by atoms with E-state index >= 15 is 0 Å². The van der Waals surface area contributed by atoms with E-state index in [9.17, 15) is 4.79 Å². The number of fused-ring (bicyclic) bond motifs is 1. The molecule has 3 aromatic rings. The maximum atomic E-state index is 12.3. The Labute approximate surface area is 132 Å². The Morgan fingerprint density at radius 2 is 1.87 bits per heavy atom. The fourth-order valence-electron chi connectivity index (χ4n) is 2.53. The van der Waals surface area contributed by atoms with E-state index in [4.69, 9.17) is 5.53 Å². The minimum atomic E-state index is -0.589. The standard InChI is InChI=1S/C17H15N5O/c18-22-21-15(11-10-12-6-2-1-3-7-12)16-17(23)20-14-9-5-4-8-13(14)19-16/h1-9,15H,10-11H2,(H,20,23). The average molecular weight is 305 g/mol. The van der Waals surface area contributed by atoms with E-state index in [1.165, 1.54) is 0 Å². The molecule has 1 heterocycles. The van der Waals surface area contributed by atoms with Crippen molar-refractivity contribution in [3.8, 4) is 0 Å². The van der Waals surface area contributed by atoms with Crippen LogP contribution in [0.1, 0.15) is 23.7 Å². The smallest absolute Gasteiger partial charge is 0.270 e. The summed E-state index contributed by atoms with van der Waals surface area (Å²) in [7, 11) is 0. The third-order valence-electron chi connectivity index (χ3n) is 3.68. The lowest BCUT2D eigenvalue weighted by Gasteiger charge is -2.10. The monoisotopic (exact) mass is 305 g/mol. The topological polar surface area (TPSA) is 94.5 Å². The minimum absolute atomic E-state index is 0.262. The molecule has 0 saturated heterocycles. The van der Waals surface area contributed by atoms with E-state index in [-0.39, 0.29) is 11.3 Å². The molecule has 23 heavy (non-hydrogen) atoms. The van der Waals surface area contributed by atoms with Crippen LogP contribution in [0.4, 0.5) is 0 Å². The Kier molecular flexibility index (Phi) is 4.36. The summed E-state index contributed by atoms with van der Waals surface area (Å²) in [6.45, 7) is 0. The van der Waals surface area contributed by atoms with Crippen LogP contribution < -0.4 is 5.56 Å². The number of hydrogen-bond donors (Lipinski definition) is 1. The fraction of sp³-hybridized carbons (Fsp3) is 0.176. The number of aryl methyl sites for hydroxylation is 1. The highest BCUT2D eigenvalue weighted by Crippen LogP contribution is 2.21. The van der Waals surface area contributed by atoms with E-state index < -0.39 is 6.04 Å². The highest BCUT2D eigenvalue weighted by Gasteiger charge is 2.16. The molecular formula is C17H15N5O. The summed E-state index contributed by atoms with van der Waals surface area (Å²) >= 11 is 0. The molecule has 1 unspecified atom stereocenters. The predicted octanol–water partition coefficient (Wildman–Crippen LogP) is 3.91. The molecule has 0 fully saturated rings. The van der Waals surface area contributed by atoms with Crippen molar-refractivity contribution in [3.05, 3.63) is 86.7 Å². The molecular weight excluding hydrogens is 290 g/mol. The van der Waals surface area contributed by atoms with Gasteiger partial charge < -0.3 is 4.98 Å². The third-order valence-corrected chi connectivity index (χ3v) is 3.68. The number of aromatic amines is 1. The lowest BCUT2D eigenvalue weighted by Crippen LogP contribution is -2.18. The molecule has 0 spiro atoms. The van der Waals surface area contributed by atoms with Crippen LogP contribution in [0.15, 0.2) is 64.5 Å². The van der Waals surface area contributed by atoms with Gasteiger partial charge in [-0.1, -0.05) is 47.6 Å². The number of aromatic nitrogens is 2. The Bertz CT molecular complexity index is 913. The molecule has 0 aliphatic carbocycles. The van der Waals surface area contributed by atoms with Crippen LogP contribution >= 0.6 is 0 Å². The van der Waals surface area contributed by atoms with Gasteiger partial charge in [0.05, 0.1) is 17.1 Å². The maximum Gasteiger partial charge on any atom is 0.270 e. The van der Waals surface area contributed by atoms with Gasteiger partial charge in [-0.15, -0.1) is 0 Å². The molecule has 114 valence electrons. The first kappa shape index (κ1) is 14.8. The molecule has 0 radical (unpaired) electrons.